The Morgan fingerprint density at radius 2 is 1.35 bits per heavy atom. The Labute approximate surface area is 297 Å². The first-order chi connectivity index (χ1) is 22.8. The number of unbranched alkanes of at least 4 members (excludes halogenated alkanes) is 10. The summed E-state index contributed by atoms with van der Waals surface area (Å²) in [6.45, 7) is 21.9. The van der Waals surface area contributed by atoms with E-state index in [0.717, 1.165) is 55.3 Å². The van der Waals surface area contributed by atoms with Crippen molar-refractivity contribution in [2.24, 2.45) is 57.2 Å². The Kier molecular flexibility index (Phi) is 12.7. The predicted octanol–water partition coefficient (Wildman–Crippen LogP) is 12.6. The third kappa shape index (κ3) is 7.67. The first kappa shape index (κ1) is 38.4. The number of esters is 1. The highest BCUT2D eigenvalue weighted by molar-refractivity contribution is 5.70. The average Bonchev–Trinajstić information content (AvgIpc) is 3.39. The van der Waals surface area contributed by atoms with Gasteiger partial charge in [-0.3, -0.25) is 4.79 Å². The molecule has 5 rings (SSSR count). The van der Waals surface area contributed by atoms with Crippen molar-refractivity contribution >= 4 is 5.97 Å². The van der Waals surface area contributed by atoms with E-state index in [0.29, 0.717) is 22.2 Å². The van der Waals surface area contributed by atoms with Crippen LogP contribution in [0.1, 0.15) is 196 Å². The van der Waals surface area contributed by atoms with Gasteiger partial charge in [0, 0.05) is 5.41 Å². The monoisotopic (exact) mass is 667 g/mol. The Hall–Kier alpha value is -0.830. The molecule has 0 radical (unpaired) electrons. The van der Waals surface area contributed by atoms with Crippen molar-refractivity contribution in [3.8, 4) is 0 Å². The minimum absolute atomic E-state index is 0.0383. The molecule has 5 aliphatic carbocycles. The topological polar surface area (TPSA) is 46.5 Å². The molecule has 1 N–H and O–H groups in total. The maximum Gasteiger partial charge on any atom is 0.308 e. The number of hydrogen-bond donors (Lipinski definition) is 1. The van der Waals surface area contributed by atoms with Gasteiger partial charge in [0.1, 0.15) is 6.10 Å². The van der Waals surface area contributed by atoms with Crippen LogP contribution in [0.5, 0.6) is 0 Å². The van der Waals surface area contributed by atoms with E-state index in [-0.39, 0.29) is 23.9 Å². The number of aliphatic hydroxyl groups excluding tert-OH is 1. The van der Waals surface area contributed by atoms with Gasteiger partial charge in [-0.1, -0.05) is 124 Å². The number of rotatable bonds is 16. The summed E-state index contributed by atoms with van der Waals surface area (Å²) in [6, 6.07) is 0. The van der Waals surface area contributed by atoms with Gasteiger partial charge in [0.15, 0.2) is 0 Å². The molecular weight excluding hydrogens is 588 g/mol. The molecule has 276 valence electrons. The molecule has 3 heteroatoms. The maximum atomic E-state index is 13.2. The summed E-state index contributed by atoms with van der Waals surface area (Å²) in [7, 11) is 0. The molecule has 5 aliphatic rings. The number of aliphatic hydroxyl groups is 1. The SMILES string of the molecule is C=C(C)C1CCC2(C)CCC3C(CCC4C3(C)CCC3C(C)(C)C(OC(=O)CC(O)CCCCCCCCCCCCC)CCC34C)C12. The molecule has 11 unspecified atom stereocenters. The van der Waals surface area contributed by atoms with Crippen LogP contribution >= 0.6 is 0 Å². The predicted molar refractivity (Wildman–Crippen MR) is 202 cm³/mol. The van der Waals surface area contributed by atoms with Crippen LogP contribution in [0, 0.1) is 57.2 Å². The molecule has 11 atom stereocenters. The summed E-state index contributed by atoms with van der Waals surface area (Å²) in [5.41, 5.74) is 2.67. The summed E-state index contributed by atoms with van der Waals surface area (Å²) in [5, 5.41) is 10.7. The van der Waals surface area contributed by atoms with Crippen LogP contribution < -0.4 is 0 Å². The van der Waals surface area contributed by atoms with Crippen LogP contribution in [0.25, 0.3) is 0 Å². The van der Waals surface area contributed by atoms with Gasteiger partial charge in [-0.2, -0.15) is 0 Å². The molecule has 0 aliphatic heterocycles. The van der Waals surface area contributed by atoms with Crippen LogP contribution in [0.4, 0.5) is 0 Å². The van der Waals surface area contributed by atoms with Gasteiger partial charge in [-0.25, -0.2) is 0 Å². The lowest BCUT2D eigenvalue weighted by Gasteiger charge is -2.69. The fourth-order valence-corrected chi connectivity index (χ4v) is 13.9. The Morgan fingerprint density at radius 1 is 0.750 bits per heavy atom. The Balaban J connectivity index is 1.10. The van der Waals surface area contributed by atoms with Gasteiger partial charge in [0.2, 0.25) is 0 Å². The van der Waals surface area contributed by atoms with E-state index in [4.69, 9.17) is 4.74 Å². The van der Waals surface area contributed by atoms with Crippen molar-refractivity contribution in [3.05, 3.63) is 12.2 Å². The van der Waals surface area contributed by atoms with Crippen LogP contribution in [0.3, 0.4) is 0 Å². The molecule has 5 fully saturated rings. The van der Waals surface area contributed by atoms with Gasteiger partial charge in [0.05, 0.1) is 12.5 Å². The second kappa shape index (κ2) is 15.8. The minimum atomic E-state index is -0.569. The summed E-state index contributed by atoms with van der Waals surface area (Å²) in [6.07, 6.45) is 27.7. The molecule has 0 saturated heterocycles. The second-order valence-electron chi connectivity index (χ2n) is 19.7. The van der Waals surface area contributed by atoms with Crippen LogP contribution in [-0.2, 0) is 9.53 Å². The molecule has 3 nitrogen and oxygen atoms in total. The van der Waals surface area contributed by atoms with E-state index < -0.39 is 6.10 Å². The molecule has 0 spiro atoms. The highest BCUT2D eigenvalue weighted by atomic mass is 16.5. The van der Waals surface area contributed by atoms with E-state index in [1.807, 2.05) is 0 Å². The highest BCUT2D eigenvalue weighted by Crippen LogP contribution is 2.73. The van der Waals surface area contributed by atoms with Crippen LogP contribution in [-0.4, -0.2) is 23.3 Å². The average molecular weight is 667 g/mol. The lowest BCUT2D eigenvalue weighted by Crippen LogP contribution is -2.63. The normalized spacial score (nSPS) is 40.6. The van der Waals surface area contributed by atoms with E-state index in [2.05, 4.69) is 55.0 Å². The molecule has 5 saturated carbocycles. The molecule has 0 heterocycles. The molecule has 0 bridgehead atoms. The summed E-state index contributed by atoms with van der Waals surface area (Å²) in [4.78, 5) is 13.2. The zero-order valence-corrected chi connectivity index (χ0v) is 32.9. The number of allylic oxidation sites excluding steroid dienone is 1. The largest absolute Gasteiger partial charge is 0.462 e. The third-order valence-electron chi connectivity index (χ3n) is 16.4. The van der Waals surface area contributed by atoms with Crippen LogP contribution in [0.2, 0.25) is 0 Å². The van der Waals surface area contributed by atoms with E-state index in [9.17, 15) is 9.90 Å². The molecular formula is C45H78O3. The lowest BCUT2D eigenvalue weighted by molar-refractivity contribution is -0.222. The number of hydrogen-bond acceptors (Lipinski definition) is 3. The van der Waals surface area contributed by atoms with E-state index in [1.165, 1.54) is 121 Å². The summed E-state index contributed by atoms with van der Waals surface area (Å²) < 4.78 is 6.31. The van der Waals surface area contributed by atoms with Crippen molar-refractivity contribution in [1.82, 2.24) is 0 Å². The number of ether oxygens (including phenoxy) is 1. The zero-order chi connectivity index (χ0) is 34.7. The van der Waals surface area contributed by atoms with E-state index in [1.54, 1.807) is 0 Å². The van der Waals surface area contributed by atoms with Crippen molar-refractivity contribution in [2.75, 3.05) is 0 Å². The van der Waals surface area contributed by atoms with Gasteiger partial charge < -0.3 is 9.84 Å². The fourth-order valence-electron chi connectivity index (χ4n) is 13.9. The first-order valence-electron chi connectivity index (χ1n) is 21.3. The van der Waals surface area contributed by atoms with Crippen molar-refractivity contribution in [3.63, 3.8) is 0 Å². The van der Waals surface area contributed by atoms with Crippen molar-refractivity contribution in [2.45, 2.75) is 208 Å². The minimum Gasteiger partial charge on any atom is -0.462 e. The zero-order valence-electron chi connectivity index (χ0n) is 32.9. The molecule has 0 aromatic heterocycles. The molecule has 0 aromatic rings. The van der Waals surface area contributed by atoms with Crippen molar-refractivity contribution < 1.29 is 14.6 Å². The Bertz CT molecular complexity index is 1080. The second-order valence-corrected chi connectivity index (χ2v) is 19.7. The van der Waals surface area contributed by atoms with Crippen LogP contribution in [0.15, 0.2) is 12.2 Å². The molecule has 48 heavy (non-hydrogen) atoms. The first-order valence-corrected chi connectivity index (χ1v) is 21.3. The molecule has 0 aromatic carbocycles. The summed E-state index contributed by atoms with van der Waals surface area (Å²) in [5.74, 6) is 4.47. The number of carbonyl (C=O) groups excluding carboxylic acids is 1. The third-order valence-corrected chi connectivity index (χ3v) is 16.4. The number of fused-ring (bicyclic) bond motifs is 7. The van der Waals surface area contributed by atoms with Gasteiger partial charge in [-0.05, 0) is 129 Å². The van der Waals surface area contributed by atoms with E-state index >= 15 is 0 Å². The maximum absolute atomic E-state index is 13.2. The van der Waals surface area contributed by atoms with Gasteiger partial charge in [0.25, 0.3) is 0 Å². The van der Waals surface area contributed by atoms with Crippen molar-refractivity contribution in [1.29, 1.82) is 0 Å². The fraction of sp³-hybridized carbons (Fsp3) is 0.933. The highest BCUT2D eigenvalue weighted by Gasteiger charge is 2.67. The van der Waals surface area contributed by atoms with Gasteiger partial charge in [-0.15, -0.1) is 0 Å². The lowest BCUT2D eigenvalue weighted by atomic mass is 9.36. The smallest absolute Gasteiger partial charge is 0.308 e. The van der Waals surface area contributed by atoms with Gasteiger partial charge >= 0.3 is 5.97 Å². The quantitative estimate of drug-likeness (QED) is 0.101. The standard InChI is InChI=1S/C45H78O3/c1-9-10-11-12-13-14-15-16-17-18-19-20-33(46)31-40(47)48-39-26-30-45(8)37(42(39,4)5)25-29-44(7)36-24-28-43(6)27-23-34(32(2)3)41(43)35(36)21-22-38(44)45/h33-39,41,46H,2,9-31H2,1,3-8H3. The summed E-state index contributed by atoms with van der Waals surface area (Å²) >= 11 is 0. The number of carbonyl (C=O) groups is 1. The molecule has 0 amide bonds. The Morgan fingerprint density at radius 3 is 2.00 bits per heavy atom.